The lowest BCUT2D eigenvalue weighted by molar-refractivity contribution is -0.119. The van der Waals surface area contributed by atoms with Crippen LogP contribution in [0.3, 0.4) is 0 Å². The average Bonchev–Trinajstić information content (AvgIpc) is 3.32. The second-order valence-corrected chi connectivity index (χ2v) is 6.97. The van der Waals surface area contributed by atoms with Gasteiger partial charge >= 0.3 is 0 Å². The van der Waals surface area contributed by atoms with Gasteiger partial charge in [-0.1, -0.05) is 18.2 Å². The van der Waals surface area contributed by atoms with Gasteiger partial charge in [0.15, 0.2) is 5.13 Å². The molecular formula is C19H17N5O2S. The van der Waals surface area contributed by atoms with E-state index in [0.717, 1.165) is 12.0 Å². The molecule has 1 aliphatic heterocycles. The highest BCUT2D eigenvalue weighted by molar-refractivity contribution is 7.14. The zero-order chi connectivity index (χ0) is 18.6. The van der Waals surface area contributed by atoms with Crippen molar-refractivity contribution in [2.75, 3.05) is 10.6 Å². The number of hydrogen-bond donors (Lipinski definition) is 3. The average molecular weight is 379 g/mol. The van der Waals surface area contributed by atoms with E-state index < -0.39 is 0 Å². The number of rotatable bonds is 5. The second kappa shape index (κ2) is 7.55. The first-order valence-electron chi connectivity index (χ1n) is 8.51. The van der Waals surface area contributed by atoms with Gasteiger partial charge < -0.3 is 16.0 Å². The first kappa shape index (κ1) is 17.2. The van der Waals surface area contributed by atoms with Gasteiger partial charge in [0, 0.05) is 23.7 Å². The number of carbonyl (C=O) groups is 2. The van der Waals surface area contributed by atoms with Crippen LogP contribution in [0.4, 0.5) is 16.6 Å². The van der Waals surface area contributed by atoms with Crippen molar-refractivity contribution in [1.82, 2.24) is 15.3 Å². The molecule has 2 amide bonds. The summed E-state index contributed by atoms with van der Waals surface area (Å²) in [4.78, 5) is 32.2. The van der Waals surface area contributed by atoms with Crippen molar-refractivity contribution >= 4 is 39.8 Å². The first-order valence-corrected chi connectivity index (χ1v) is 9.39. The molecule has 1 aromatic carbocycles. The number of thiazole rings is 1. The molecule has 0 aliphatic carbocycles. The summed E-state index contributed by atoms with van der Waals surface area (Å²) in [5.41, 5.74) is 2.06. The van der Waals surface area contributed by atoms with Crippen LogP contribution in [0.1, 0.15) is 34.9 Å². The van der Waals surface area contributed by atoms with Crippen LogP contribution in [0.2, 0.25) is 0 Å². The number of amides is 2. The maximum absolute atomic E-state index is 12.4. The smallest absolute Gasteiger partial charge is 0.275 e. The maximum atomic E-state index is 12.4. The quantitative estimate of drug-likeness (QED) is 0.631. The van der Waals surface area contributed by atoms with Crippen molar-refractivity contribution < 1.29 is 9.59 Å². The summed E-state index contributed by atoms with van der Waals surface area (Å²) in [6.07, 6.45) is 3.04. The number of nitrogens with one attached hydrogen (secondary N) is 3. The number of carbonyl (C=O) groups excluding carboxylic acids is 2. The summed E-state index contributed by atoms with van der Waals surface area (Å²) >= 11 is 1.34. The lowest BCUT2D eigenvalue weighted by Crippen LogP contribution is -2.18. The number of hydrogen-bond acceptors (Lipinski definition) is 6. The topological polar surface area (TPSA) is 96.0 Å². The normalized spacial score (nSPS) is 16.0. The first-order chi connectivity index (χ1) is 13.2. The largest absolute Gasteiger partial charge is 0.349 e. The number of benzene rings is 1. The van der Waals surface area contributed by atoms with Gasteiger partial charge in [-0.25, -0.2) is 9.97 Å². The van der Waals surface area contributed by atoms with Crippen LogP contribution in [0.15, 0.2) is 54.0 Å². The van der Waals surface area contributed by atoms with Gasteiger partial charge in [-0.3, -0.25) is 9.59 Å². The molecule has 1 unspecified atom stereocenters. The van der Waals surface area contributed by atoms with Gasteiger partial charge in [-0.05, 0) is 36.2 Å². The Bertz CT molecular complexity index is 956. The second-order valence-electron chi connectivity index (χ2n) is 6.11. The Morgan fingerprint density at radius 1 is 1.19 bits per heavy atom. The summed E-state index contributed by atoms with van der Waals surface area (Å²) in [7, 11) is 0. The lowest BCUT2D eigenvalue weighted by atomic mass is 10.1. The molecule has 27 heavy (non-hydrogen) atoms. The van der Waals surface area contributed by atoms with E-state index in [1.54, 1.807) is 11.6 Å². The van der Waals surface area contributed by atoms with Crippen LogP contribution < -0.4 is 16.0 Å². The van der Waals surface area contributed by atoms with Crippen molar-refractivity contribution in [3.8, 4) is 0 Å². The minimum absolute atomic E-state index is 0.0565. The van der Waals surface area contributed by atoms with Crippen LogP contribution in [-0.4, -0.2) is 21.8 Å². The Labute approximate surface area is 159 Å². The number of aromatic nitrogens is 2. The summed E-state index contributed by atoms with van der Waals surface area (Å²) in [5.74, 6) is 0.478. The molecule has 1 fully saturated rings. The molecule has 0 radical (unpaired) electrons. The van der Waals surface area contributed by atoms with Crippen molar-refractivity contribution in [2.45, 2.75) is 18.9 Å². The van der Waals surface area contributed by atoms with E-state index in [-0.39, 0.29) is 17.9 Å². The minimum Gasteiger partial charge on any atom is -0.349 e. The van der Waals surface area contributed by atoms with Crippen molar-refractivity contribution in [2.24, 2.45) is 0 Å². The van der Waals surface area contributed by atoms with E-state index in [4.69, 9.17) is 0 Å². The fraction of sp³-hybridized carbons (Fsp3) is 0.158. The Balaban J connectivity index is 1.38. The van der Waals surface area contributed by atoms with Gasteiger partial charge in [-0.15, -0.1) is 11.3 Å². The van der Waals surface area contributed by atoms with Crippen molar-refractivity contribution in [3.05, 3.63) is 65.3 Å². The Hall–Kier alpha value is -3.26. The molecule has 0 spiro atoms. The fourth-order valence-corrected chi connectivity index (χ4v) is 3.54. The molecule has 3 N–H and O–H groups in total. The van der Waals surface area contributed by atoms with Gasteiger partial charge in [0.2, 0.25) is 5.91 Å². The molecule has 2 aromatic heterocycles. The van der Waals surface area contributed by atoms with Gasteiger partial charge in [0.25, 0.3) is 5.91 Å². The predicted octanol–water partition coefficient (Wildman–Crippen LogP) is 3.49. The Kier molecular flexibility index (Phi) is 4.80. The summed E-state index contributed by atoms with van der Waals surface area (Å²) in [6, 6.07) is 13.1. The number of pyridine rings is 1. The van der Waals surface area contributed by atoms with E-state index in [1.165, 1.54) is 11.3 Å². The number of nitrogens with zero attached hydrogens (tertiary/aromatic N) is 2. The molecule has 3 heterocycles. The molecule has 7 nitrogen and oxygen atoms in total. The van der Waals surface area contributed by atoms with E-state index in [2.05, 4.69) is 25.9 Å². The predicted molar refractivity (Wildman–Crippen MR) is 104 cm³/mol. The van der Waals surface area contributed by atoms with Gasteiger partial charge in [0.1, 0.15) is 11.5 Å². The van der Waals surface area contributed by atoms with Crippen LogP contribution >= 0.6 is 11.3 Å². The van der Waals surface area contributed by atoms with E-state index in [1.807, 2.05) is 42.5 Å². The highest BCUT2D eigenvalue weighted by Crippen LogP contribution is 2.25. The van der Waals surface area contributed by atoms with Crippen molar-refractivity contribution in [1.29, 1.82) is 0 Å². The van der Waals surface area contributed by atoms with Crippen molar-refractivity contribution in [3.63, 3.8) is 0 Å². The third-order valence-corrected chi connectivity index (χ3v) is 4.96. The monoisotopic (exact) mass is 379 g/mol. The van der Waals surface area contributed by atoms with E-state index in [9.17, 15) is 9.59 Å². The summed E-state index contributed by atoms with van der Waals surface area (Å²) in [6.45, 7) is 0. The third kappa shape index (κ3) is 4.12. The van der Waals surface area contributed by atoms with Gasteiger partial charge in [-0.2, -0.15) is 0 Å². The lowest BCUT2D eigenvalue weighted by Gasteiger charge is -2.11. The molecule has 0 bridgehead atoms. The zero-order valence-electron chi connectivity index (χ0n) is 14.3. The molecule has 1 atom stereocenters. The molecular weight excluding hydrogens is 362 g/mol. The SMILES string of the molecule is O=C1CCC(c2ccc(NC(=O)c3csc(Nc4ccccn4)n3)cc2)N1. The Morgan fingerprint density at radius 3 is 2.74 bits per heavy atom. The molecule has 1 aliphatic rings. The third-order valence-electron chi connectivity index (χ3n) is 4.20. The Morgan fingerprint density at radius 2 is 2.04 bits per heavy atom. The van der Waals surface area contributed by atoms with Gasteiger partial charge in [0.05, 0.1) is 6.04 Å². The van der Waals surface area contributed by atoms with Crippen LogP contribution in [0.25, 0.3) is 0 Å². The molecule has 136 valence electrons. The van der Waals surface area contributed by atoms with E-state index in [0.29, 0.717) is 28.8 Å². The highest BCUT2D eigenvalue weighted by Gasteiger charge is 2.22. The van der Waals surface area contributed by atoms with Crippen LogP contribution in [0, 0.1) is 0 Å². The fourth-order valence-electron chi connectivity index (χ4n) is 2.84. The zero-order valence-corrected chi connectivity index (χ0v) is 15.1. The van der Waals surface area contributed by atoms with E-state index >= 15 is 0 Å². The number of anilines is 3. The summed E-state index contributed by atoms with van der Waals surface area (Å²) < 4.78 is 0. The van der Waals surface area contributed by atoms with Crippen LogP contribution in [0.5, 0.6) is 0 Å². The minimum atomic E-state index is -0.276. The van der Waals surface area contributed by atoms with Crippen LogP contribution in [-0.2, 0) is 4.79 Å². The maximum Gasteiger partial charge on any atom is 0.275 e. The molecule has 0 saturated carbocycles. The molecule has 1 saturated heterocycles. The standard InChI is InChI=1S/C19H17N5O2S/c25-17-9-8-14(22-17)12-4-6-13(7-5-12)21-18(26)15-11-27-19(23-15)24-16-3-1-2-10-20-16/h1-7,10-11,14H,8-9H2,(H,21,26)(H,22,25)(H,20,23,24). The molecule has 4 rings (SSSR count). The summed E-state index contributed by atoms with van der Waals surface area (Å²) in [5, 5.41) is 11.1. The molecule has 3 aromatic rings. The molecule has 8 heteroatoms. The highest BCUT2D eigenvalue weighted by atomic mass is 32.1.